The standard InChI is InChI=1S/C14H23N5O2/c1-10-9-12(13(15)18-21)17-14(16-10)19(7-8-20)11-5-3-2-4-6-11/h9,11,20-21H,2-8H2,1H3,(H2,15,18). The first-order valence-corrected chi connectivity index (χ1v) is 7.36. The molecule has 0 aliphatic heterocycles. The lowest BCUT2D eigenvalue weighted by molar-refractivity contribution is 0.288. The van der Waals surface area contributed by atoms with E-state index in [0.717, 1.165) is 18.5 Å². The van der Waals surface area contributed by atoms with Gasteiger partial charge in [0.15, 0.2) is 5.84 Å². The highest BCUT2D eigenvalue weighted by atomic mass is 16.4. The van der Waals surface area contributed by atoms with Crippen molar-refractivity contribution in [2.75, 3.05) is 18.1 Å². The normalized spacial score (nSPS) is 17.0. The predicted octanol–water partition coefficient (Wildman–Crippen LogP) is 1.01. The third kappa shape index (κ3) is 3.81. The minimum absolute atomic E-state index is 0.0330. The number of hydrogen-bond donors (Lipinski definition) is 3. The zero-order valence-electron chi connectivity index (χ0n) is 12.4. The first kappa shape index (κ1) is 15.5. The molecular formula is C14H23N5O2. The number of rotatable bonds is 5. The molecule has 1 aromatic heterocycles. The van der Waals surface area contributed by atoms with Crippen LogP contribution in [0.2, 0.25) is 0 Å². The van der Waals surface area contributed by atoms with Gasteiger partial charge in [0.1, 0.15) is 5.69 Å². The number of aliphatic hydroxyl groups excluding tert-OH is 1. The van der Waals surface area contributed by atoms with Gasteiger partial charge < -0.3 is 20.9 Å². The monoisotopic (exact) mass is 293 g/mol. The van der Waals surface area contributed by atoms with Gasteiger partial charge in [0.2, 0.25) is 5.95 Å². The molecule has 1 saturated carbocycles. The Morgan fingerprint density at radius 3 is 2.71 bits per heavy atom. The highest BCUT2D eigenvalue weighted by molar-refractivity contribution is 5.95. The molecule has 4 N–H and O–H groups in total. The van der Waals surface area contributed by atoms with Crippen LogP contribution in [-0.4, -0.2) is 45.3 Å². The summed E-state index contributed by atoms with van der Waals surface area (Å²) >= 11 is 0. The molecule has 7 nitrogen and oxygen atoms in total. The Hall–Kier alpha value is -1.89. The van der Waals surface area contributed by atoms with Crippen LogP contribution in [-0.2, 0) is 0 Å². The highest BCUT2D eigenvalue weighted by Crippen LogP contribution is 2.25. The van der Waals surface area contributed by atoms with E-state index in [-0.39, 0.29) is 12.4 Å². The first-order chi connectivity index (χ1) is 10.2. The van der Waals surface area contributed by atoms with E-state index in [2.05, 4.69) is 15.1 Å². The van der Waals surface area contributed by atoms with Crippen molar-refractivity contribution >= 4 is 11.8 Å². The molecule has 116 valence electrons. The maximum Gasteiger partial charge on any atom is 0.226 e. The third-order valence-corrected chi connectivity index (χ3v) is 3.83. The molecule has 2 rings (SSSR count). The second-order valence-electron chi connectivity index (χ2n) is 5.39. The van der Waals surface area contributed by atoms with Gasteiger partial charge in [0.25, 0.3) is 0 Å². The number of aryl methyl sites for hydroxylation is 1. The quantitative estimate of drug-likeness (QED) is 0.324. The van der Waals surface area contributed by atoms with Crippen LogP contribution < -0.4 is 10.6 Å². The predicted molar refractivity (Wildman–Crippen MR) is 80.6 cm³/mol. The van der Waals surface area contributed by atoms with Crippen LogP contribution in [0.4, 0.5) is 5.95 Å². The molecule has 0 atom stereocenters. The van der Waals surface area contributed by atoms with Crippen molar-refractivity contribution in [2.45, 2.75) is 45.1 Å². The fourth-order valence-electron chi connectivity index (χ4n) is 2.81. The molecule has 0 saturated heterocycles. The molecule has 0 aromatic carbocycles. The van der Waals surface area contributed by atoms with Gasteiger partial charge in [-0.1, -0.05) is 24.4 Å². The van der Waals surface area contributed by atoms with E-state index in [0.29, 0.717) is 24.2 Å². The van der Waals surface area contributed by atoms with E-state index in [9.17, 15) is 5.11 Å². The number of oxime groups is 1. The lowest BCUT2D eigenvalue weighted by Gasteiger charge is -2.34. The van der Waals surface area contributed by atoms with Crippen LogP contribution >= 0.6 is 0 Å². The smallest absolute Gasteiger partial charge is 0.226 e. The molecule has 1 fully saturated rings. The fraction of sp³-hybridized carbons (Fsp3) is 0.643. The number of amidine groups is 1. The zero-order chi connectivity index (χ0) is 15.2. The summed E-state index contributed by atoms with van der Waals surface area (Å²) in [7, 11) is 0. The summed E-state index contributed by atoms with van der Waals surface area (Å²) < 4.78 is 0. The van der Waals surface area contributed by atoms with E-state index >= 15 is 0 Å². The second-order valence-corrected chi connectivity index (χ2v) is 5.39. The van der Waals surface area contributed by atoms with Gasteiger partial charge in [0.05, 0.1) is 6.61 Å². The average molecular weight is 293 g/mol. The number of hydrogen-bond acceptors (Lipinski definition) is 6. The van der Waals surface area contributed by atoms with Gasteiger partial charge in [-0.05, 0) is 25.8 Å². The molecule has 1 aliphatic carbocycles. The topological polar surface area (TPSA) is 108 Å². The fourth-order valence-corrected chi connectivity index (χ4v) is 2.81. The van der Waals surface area contributed by atoms with E-state index in [1.54, 1.807) is 6.07 Å². The number of anilines is 1. The molecule has 1 aromatic rings. The molecule has 7 heteroatoms. The van der Waals surface area contributed by atoms with Crippen molar-refractivity contribution in [3.05, 3.63) is 17.5 Å². The minimum Gasteiger partial charge on any atom is -0.409 e. The summed E-state index contributed by atoms with van der Waals surface area (Å²) in [5, 5.41) is 21.1. The summed E-state index contributed by atoms with van der Waals surface area (Å²) in [6.45, 7) is 2.38. The zero-order valence-corrected chi connectivity index (χ0v) is 12.4. The number of aromatic nitrogens is 2. The van der Waals surface area contributed by atoms with Crippen molar-refractivity contribution in [1.82, 2.24) is 9.97 Å². The Kier molecular flexibility index (Phi) is 5.32. The van der Waals surface area contributed by atoms with Crippen LogP contribution in [0.1, 0.15) is 43.5 Å². The van der Waals surface area contributed by atoms with E-state index in [1.165, 1.54) is 19.3 Å². The van der Waals surface area contributed by atoms with Crippen LogP contribution in [0.15, 0.2) is 11.2 Å². The molecule has 1 aliphatic rings. The Balaban J connectivity index is 2.32. The van der Waals surface area contributed by atoms with Gasteiger partial charge in [-0.25, -0.2) is 9.97 Å². The van der Waals surface area contributed by atoms with Crippen molar-refractivity contribution in [1.29, 1.82) is 0 Å². The van der Waals surface area contributed by atoms with E-state index in [4.69, 9.17) is 10.9 Å². The lowest BCUT2D eigenvalue weighted by atomic mass is 9.94. The summed E-state index contributed by atoms with van der Waals surface area (Å²) in [6.07, 6.45) is 5.79. The van der Waals surface area contributed by atoms with Crippen LogP contribution in [0.25, 0.3) is 0 Å². The largest absolute Gasteiger partial charge is 0.409 e. The lowest BCUT2D eigenvalue weighted by Crippen LogP contribution is -2.40. The van der Waals surface area contributed by atoms with Gasteiger partial charge in [-0.3, -0.25) is 0 Å². The number of nitrogens with zero attached hydrogens (tertiary/aromatic N) is 4. The molecule has 0 unspecified atom stereocenters. The molecule has 0 amide bonds. The van der Waals surface area contributed by atoms with Gasteiger partial charge in [-0.15, -0.1) is 0 Å². The van der Waals surface area contributed by atoms with Gasteiger partial charge in [0, 0.05) is 18.3 Å². The van der Waals surface area contributed by atoms with Crippen molar-refractivity contribution < 1.29 is 10.3 Å². The van der Waals surface area contributed by atoms with Gasteiger partial charge in [-0.2, -0.15) is 0 Å². The van der Waals surface area contributed by atoms with Crippen molar-refractivity contribution in [2.24, 2.45) is 10.9 Å². The molecule has 0 bridgehead atoms. The van der Waals surface area contributed by atoms with Crippen LogP contribution in [0, 0.1) is 6.92 Å². The second kappa shape index (κ2) is 7.21. The maximum absolute atomic E-state index is 9.34. The van der Waals surface area contributed by atoms with Crippen molar-refractivity contribution in [3.8, 4) is 0 Å². The SMILES string of the molecule is Cc1cc(/C(N)=N/O)nc(N(CCO)C2CCCCC2)n1. The molecule has 0 radical (unpaired) electrons. The minimum atomic E-state index is -0.0330. The highest BCUT2D eigenvalue weighted by Gasteiger charge is 2.23. The summed E-state index contributed by atoms with van der Waals surface area (Å²) in [5.74, 6) is 0.506. The first-order valence-electron chi connectivity index (χ1n) is 7.36. The molecular weight excluding hydrogens is 270 g/mol. The summed E-state index contributed by atoms with van der Waals surface area (Å²) in [4.78, 5) is 10.9. The van der Waals surface area contributed by atoms with E-state index < -0.39 is 0 Å². The third-order valence-electron chi connectivity index (χ3n) is 3.83. The van der Waals surface area contributed by atoms with E-state index in [1.807, 2.05) is 11.8 Å². The average Bonchev–Trinajstić information content (AvgIpc) is 2.52. The Bertz CT molecular complexity index is 500. The van der Waals surface area contributed by atoms with Crippen LogP contribution in [0.3, 0.4) is 0 Å². The maximum atomic E-state index is 9.34. The molecule has 1 heterocycles. The summed E-state index contributed by atoms with van der Waals surface area (Å²) in [6, 6.07) is 2.02. The van der Waals surface area contributed by atoms with Crippen LogP contribution in [0.5, 0.6) is 0 Å². The van der Waals surface area contributed by atoms with Crippen molar-refractivity contribution in [3.63, 3.8) is 0 Å². The Labute approximate surface area is 124 Å². The summed E-state index contributed by atoms with van der Waals surface area (Å²) in [5.41, 5.74) is 6.78. The molecule has 0 spiro atoms. The van der Waals surface area contributed by atoms with Gasteiger partial charge >= 0.3 is 0 Å². The Morgan fingerprint density at radius 1 is 1.38 bits per heavy atom. The number of aliphatic hydroxyl groups is 1. The Morgan fingerprint density at radius 2 is 2.10 bits per heavy atom. The molecule has 21 heavy (non-hydrogen) atoms. The number of nitrogens with two attached hydrogens (primary N) is 1.